The van der Waals surface area contributed by atoms with Crippen LogP contribution in [-0.2, 0) is 62.4 Å². The van der Waals surface area contributed by atoms with E-state index in [0.717, 1.165) is 16.5 Å². The van der Waals surface area contributed by atoms with Crippen LogP contribution in [0.3, 0.4) is 0 Å². The number of guanidine groups is 1. The van der Waals surface area contributed by atoms with E-state index < -0.39 is 102 Å². The summed E-state index contributed by atoms with van der Waals surface area (Å²) in [7, 11) is 0. The fourth-order valence-electron chi connectivity index (χ4n) is 9.07. The number of unbranched alkanes of at least 4 members (excludes halogenated alkanes) is 2. The van der Waals surface area contributed by atoms with E-state index in [-0.39, 0.29) is 57.5 Å². The number of carboxylic acids is 1. The van der Waals surface area contributed by atoms with Gasteiger partial charge in [-0.25, -0.2) is 4.98 Å². The first-order valence-electron chi connectivity index (χ1n) is 26.9. The molecule has 2 heterocycles. The van der Waals surface area contributed by atoms with Crippen LogP contribution < -0.4 is 60.2 Å². The molecule has 7 atom stereocenters. The summed E-state index contributed by atoms with van der Waals surface area (Å²) in [6.45, 7) is 3.46. The molecule has 0 saturated carbocycles. The maximum Gasteiger partial charge on any atom is 0.305 e. The molecule has 3 aromatic carbocycles. The van der Waals surface area contributed by atoms with E-state index in [2.05, 4.69) is 57.2 Å². The Balaban J connectivity index is 1.53. The number of fused-ring (bicyclic) bond motifs is 1. The lowest BCUT2D eigenvalue weighted by molar-refractivity contribution is -0.141. The van der Waals surface area contributed by atoms with Crippen molar-refractivity contribution < 1.29 is 48.3 Å². The maximum atomic E-state index is 15.1. The molecule has 0 aliphatic heterocycles. The molecule has 0 bridgehead atoms. The van der Waals surface area contributed by atoms with E-state index in [1.165, 1.54) is 19.4 Å². The summed E-state index contributed by atoms with van der Waals surface area (Å²) in [4.78, 5) is 138. The second-order valence-electron chi connectivity index (χ2n) is 19.6. The number of nitrogens with zero attached hydrogens (tertiary/aromatic N) is 2. The predicted molar refractivity (Wildman–Crippen MR) is 303 cm³/mol. The third-order valence-corrected chi connectivity index (χ3v) is 13.2. The third kappa shape index (κ3) is 20.2. The van der Waals surface area contributed by atoms with Crippen molar-refractivity contribution >= 4 is 70.1 Å². The fraction of sp³-hybridized carbons (Fsp3) is 0.411. The number of rotatable bonds is 34. The Kier molecular flexibility index (Phi) is 24.8. The van der Waals surface area contributed by atoms with Crippen molar-refractivity contribution in [1.29, 1.82) is 0 Å². The Bertz CT molecular complexity index is 2950. The van der Waals surface area contributed by atoms with Crippen LogP contribution in [0.4, 0.5) is 0 Å². The van der Waals surface area contributed by atoms with Crippen LogP contribution in [-0.4, -0.2) is 135 Å². The average molecular weight is 1120 g/mol. The van der Waals surface area contributed by atoms with Crippen LogP contribution >= 0.6 is 0 Å². The molecule has 434 valence electrons. The van der Waals surface area contributed by atoms with Gasteiger partial charge >= 0.3 is 5.97 Å². The van der Waals surface area contributed by atoms with E-state index in [1.54, 1.807) is 24.4 Å². The number of imidazole rings is 1. The Morgan fingerprint density at radius 1 is 0.580 bits per heavy atom. The van der Waals surface area contributed by atoms with Gasteiger partial charge in [-0.2, -0.15) is 0 Å². The number of carbonyl (C=O) groups excluding carboxylic acids is 8. The number of aliphatic carboxylic acids is 1. The van der Waals surface area contributed by atoms with Gasteiger partial charge in [-0.15, -0.1) is 0 Å². The average Bonchev–Trinajstić information content (AvgIpc) is 4.14. The van der Waals surface area contributed by atoms with E-state index in [1.807, 2.05) is 67.6 Å². The number of H-pyrrole nitrogens is 2. The Labute approximate surface area is 468 Å². The highest BCUT2D eigenvalue weighted by atomic mass is 16.4. The highest BCUT2D eigenvalue weighted by Gasteiger charge is 2.35. The minimum absolute atomic E-state index is 0.0277. The molecular weight excluding hydrogens is 1040 g/mol. The third-order valence-electron chi connectivity index (χ3n) is 13.2. The van der Waals surface area contributed by atoms with Crippen LogP contribution in [0.15, 0.2) is 103 Å². The van der Waals surface area contributed by atoms with E-state index in [9.17, 15) is 43.5 Å². The van der Waals surface area contributed by atoms with Crippen molar-refractivity contribution in [2.24, 2.45) is 27.9 Å². The molecule has 0 aliphatic carbocycles. The van der Waals surface area contributed by atoms with Crippen molar-refractivity contribution in [3.63, 3.8) is 0 Å². The molecule has 2 aromatic heterocycles. The minimum atomic E-state index is -1.74. The number of primary amides is 1. The highest BCUT2D eigenvalue weighted by Crippen LogP contribution is 2.25. The zero-order valence-electron chi connectivity index (χ0n) is 45.5. The maximum absolute atomic E-state index is 15.1. The Hall–Kier alpha value is -9.13. The molecule has 8 amide bonds. The van der Waals surface area contributed by atoms with Gasteiger partial charge in [0, 0.05) is 61.7 Å². The number of benzene rings is 3. The molecule has 0 saturated heterocycles. The molecule has 25 heteroatoms. The van der Waals surface area contributed by atoms with Gasteiger partial charge in [0.2, 0.25) is 47.3 Å². The number of aliphatic imine (C=N–C) groups is 1. The van der Waals surface area contributed by atoms with Crippen LogP contribution in [0.25, 0.3) is 22.0 Å². The summed E-state index contributed by atoms with van der Waals surface area (Å²) in [6, 6.07) is 13.9. The van der Waals surface area contributed by atoms with Crippen LogP contribution in [0.5, 0.6) is 0 Å². The lowest BCUT2D eigenvalue weighted by atomic mass is 9.94. The predicted octanol–water partition coefficient (Wildman–Crippen LogP) is 0.332. The number of aromatic nitrogens is 3. The number of aromatic amines is 2. The minimum Gasteiger partial charge on any atom is -0.481 e. The first-order valence-corrected chi connectivity index (χ1v) is 26.9. The Morgan fingerprint density at radius 2 is 1.11 bits per heavy atom. The zero-order chi connectivity index (χ0) is 58.8. The number of hydrogen-bond acceptors (Lipinski definition) is 12. The van der Waals surface area contributed by atoms with Crippen molar-refractivity contribution in [3.8, 4) is 11.1 Å². The SMILES string of the molecule is CCCCC(NC(C)=O)C(=O)N[C@@H](CC(=O)O)C(=O)N[C@@H](Cc1cnc[nH]1)C(=O)N[C@@H](Cc1ccccc1-c1ccccc1)C(=O)N[C@@H](CCCN=C(N)N)C(=O)N[C@@H](Cc1c[nH]c2ccccc12)C(=O)N[C@@H](CCCCN)C(N)=O. The highest BCUT2D eigenvalue weighted by molar-refractivity contribution is 5.99. The van der Waals surface area contributed by atoms with Gasteiger partial charge in [0.25, 0.3) is 0 Å². The van der Waals surface area contributed by atoms with Gasteiger partial charge in [-0.3, -0.25) is 48.1 Å². The molecular formula is C56H75N15O10. The number of amides is 8. The number of hydrogen-bond donors (Lipinski definition) is 14. The first-order chi connectivity index (χ1) is 38.9. The van der Waals surface area contributed by atoms with Crippen LogP contribution in [0, 0.1) is 0 Å². The molecule has 5 aromatic rings. The summed E-state index contributed by atoms with van der Waals surface area (Å²) >= 11 is 0. The monoisotopic (exact) mass is 1120 g/mol. The van der Waals surface area contributed by atoms with Crippen molar-refractivity contribution in [2.45, 2.75) is 133 Å². The summed E-state index contributed by atoms with van der Waals surface area (Å²) in [5.74, 6) is -8.27. The zero-order valence-corrected chi connectivity index (χ0v) is 45.5. The van der Waals surface area contributed by atoms with Gasteiger partial charge in [0.1, 0.15) is 42.3 Å². The largest absolute Gasteiger partial charge is 0.481 e. The molecule has 1 unspecified atom stereocenters. The summed E-state index contributed by atoms with van der Waals surface area (Å²) in [5.41, 5.74) is 26.5. The van der Waals surface area contributed by atoms with Crippen LogP contribution in [0.1, 0.15) is 88.5 Å². The second kappa shape index (κ2) is 32.1. The lowest BCUT2D eigenvalue weighted by Crippen LogP contribution is -2.61. The Morgan fingerprint density at radius 3 is 1.72 bits per heavy atom. The number of para-hydroxylation sites is 1. The van der Waals surface area contributed by atoms with Crippen LogP contribution in [0.2, 0.25) is 0 Å². The molecule has 18 N–H and O–H groups in total. The van der Waals surface area contributed by atoms with Gasteiger partial charge in [0.15, 0.2) is 5.96 Å². The summed E-state index contributed by atoms with van der Waals surface area (Å²) in [5, 5.41) is 29.2. The lowest BCUT2D eigenvalue weighted by Gasteiger charge is -2.28. The van der Waals surface area contributed by atoms with Crippen molar-refractivity contribution in [2.75, 3.05) is 13.1 Å². The number of nitrogens with one attached hydrogen (secondary N) is 9. The number of carboxylic acid groups (broad SMARTS) is 1. The quantitative estimate of drug-likeness (QED) is 0.0150. The molecule has 0 fully saturated rings. The van der Waals surface area contributed by atoms with E-state index >= 15 is 4.79 Å². The molecule has 25 nitrogen and oxygen atoms in total. The van der Waals surface area contributed by atoms with Gasteiger partial charge in [-0.1, -0.05) is 92.6 Å². The van der Waals surface area contributed by atoms with Gasteiger partial charge < -0.3 is 75.2 Å². The first kappa shape index (κ1) is 62.7. The summed E-state index contributed by atoms with van der Waals surface area (Å²) in [6.07, 6.45) is 5.60. The van der Waals surface area contributed by atoms with Gasteiger partial charge in [-0.05, 0) is 73.4 Å². The molecule has 81 heavy (non-hydrogen) atoms. The number of nitrogens with two attached hydrogens (primary N) is 4. The van der Waals surface area contributed by atoms with Gasteiger partial charge in [0.05, 0.1) is 12.7 Å². The van der Waals surface area contributed by atoms with Crippen molar-refractivity contribution in [1.82, 2.24) is 52.2 Å². The topological polar surface area (TPSA) is 419 Å². The fourth-order valence-corrected chi connectivity index (χ4v) is 9.07. The van der Waals surface area contributed by atoms with E-state index in [0.29, 0.717) is 54.6 Å². The standard InChI is InChI=1S/C56H75N15O10/c1-3-4-20-42(65-33(2)72)50(76)71-47(29-48(73)74)55(81)70-46(28-37-31-61-32-64-37)54(80)69-44(26-35-17-8-9-18-38(35)34-15-6-5-7-16-34)53(79)67-43(23-14-25-62-56(59)60)51(77)68-45(27-36-30-63-40-21-11-10-19-39(36)40)52(78)66-41(49(58)75)22-12-13-24-57/h5-11,15-19,21,30-32,41-47,63H,3-4,12-14,20,22-29,57H2,1-2H3,(H2,58,75)(H,61,64)(H,65,72)(H,66,78)(H,67,79)(H,68,77)(H,69,80)(H,70,81)(H,71,76)(H,73,74)(H4,59,60,62)/t41-,42?,43-,44-,45-,46-,47-/m0/s1. The summed E-state index contributed by atoms with van der Waals surface area (Å²) < 4.78 is 0. The second-order valence-corrected chi connectivity index (χ2v) is 19.6. The van der Waals surface area contributed by atoms with E-state index in [4.69, 9.17) is 22.9 Å². The molecule has 5 rings (SSSR count). The molecule has 0 spiro atoms. The normalized spacial score (nSPS) is 13.6. The van der Waals surface area contributed by atoms with Crippen molar-refractivity contribution in [3.05, 3.63) is 114 Å². The molecule has 0 aliphatic rings. The number of carbonyl (C=O) groups is 9. The molecule has 0 radical (unpaired) electrons. The smallest absolute Gasteiger partial charge is 0.305 e.